The van der Waals surface area contributed by atoms with Crippen LogP contribution in [-0.4, -0.2) is 5.91 Å². The SMILES string of the molecule is CC1=C[C@H]2CC2C(C)=C1/C(N)=C/C(=O)N=N. The van der Waals surface area contributed by atoms with Gasteiger partial charge in [-0.05, 0) is 43.3 Å². The van der Waals surface area contributed by atoms with Crippen LogP contribution < -0.4 is 5.73 Å². The molecule has 0 aromatic carbocycles. The van der Waals surface area contributed by atoms with Gasteiger partial charge in [0.2, 0.25) is 0 Å². The third-order valence-corrected chi connectivity index (χ3v) is 3.33. The monoisotopic (exact) mass is 217 g/mol. The molecular formula is C12H15N3O. The lowest BCUT2D eigenvalue weighted by atomic mass is 9.90. The number of nitrogens with zero attached hydrogens (tertiary/aromatic N) is 1. The van der Waals surface area contributed by atoms with E-state index in [2.05, 4.69) is 18.1 Å². The molecule has 0 bridgehead atoms. The maximum Gasteiger partial charge on any atom is 0.289 e. The Kier molecular flexibility index (Phi) is 2.50. The molecule has 16 heavy (non-hydrogen) atoms. The van der Waals surface area contributed by atoms with Crippen LogP contribution in [0, 0.1) is 17.4 Å². The van der Waals surface area contributed by atoms with Crippen LogP contribution in [0.15, 0.2) is 39.7 Å². The molecular weight excluding hydrogens is 202 g/mol. The number of allylic oxidation sites excluding steroid dienone is 3. The first kappa shape index (κ1) is 10.8. The van der Waals surface area contributed by atoms with Crippen molar-refractivity contribution in [2.24, 2.45) is 22.7 Å². The molecule has 1 amide bonds. The Morgan fingerprint density at radius 2 is 2.31 bits per heavy atom. The van der Waals surface area contributed by atoms with Gasteiger partial charge in [0.25, 0.3) is 5.91 Å². The third kappa shape index (κ3) is 1.71. The fraction of sp³-hybridized carbons (Fsp3) is 0.417. The molecule has 2 aliphatic carbocycles. The summed E-state index contributed by atoms with van der Waals surface area (Å²) in [6.45, 7) is 4.08. The van der Waals surface area contributed by atoms with Crippen molar-refractivity contribution in [3.63, 3.8) is 0 Å². The lowest BCUT2D eigenvalue weighted by Gasteiger charge is -2.17. The maximum atomic E-state index is 11.0. The first-order valence-electron chi connectivity index (χ1n) is 5.33. The first-order chi connectivity index (χ1) is 7.54. The van der Waals surface area contributed by atoms with E-state index in [0.29, 0.717) is 17.5 Å². The quantitative estimate of drug-likeness (QED) is 0.549. The highest BCUT2D eigenvalue weighted by Gasteiger charge is 2.40. The van der Waals surface area contributed by atoms with E-state index in [9.17, 15) is 4.79 Å². The second kappa shape index (κ2) is 3.70. The van der Waals surface area contributed by atoms with Gasteiger partial charge in [-0.3, -0.25) is 4.79 Å². The van der Waals surface area contributed by atoms with Crippen molar-refractivity contribution in [2.75, 3.05) is 0 Å². The van der Waals surface area contributed by atoms with Crippen molar-refractivity contribution >= 4 is 5.91 Å². The molecule has 1 saturated carbocycles. The van der Waals surface area contributed by atoms with Gasteiger partial charge in [-0.15, -0.1) is 5.11 Å². The highest BCUT2D eigenvalue weighted by molar-refractivity contribution is 5.89. The molecule has 0 heterocycles. The fourth-order valence-electron chi connectivity index (χ4n) is 2.49. The molecule has 2 rings (SSSR count). The van der Waals surface area contributed by atoms with Gasteiger partial charge in [0.1, 0.15) is 0 Å². The Morgan fingerprint density at radius 3 is 2.94 bits per heavy atom. The van der Waals surface area contributed by atoms with Gasteiger partial charge >= 0.3 is 0 Å². The Hall–Kier alpha value is -1.71. The van der Waals surface area contributed by atoms with E-state index in [-0.39, 0.29) is 0 Å². The molecule has 2 aliphatic rings. The van der Waals surface area contributed by atoms with Gasteiger partial charge in [0.15, 0.2) is 0 Å². The highest BCUT2D eigenvalue weighted by atomic mass is 16.1. The van der Waals surface area contributed by atoms with Crippen molar-refractivity contribution in [3.05, 3.63) is 34.6 Å². The molecule has 0 aliphatic heterocycles. The summed E-state index contributed by atoms with van der Waals surface area (Å²) in [4.78, 5) is 11.0. The molecule has 1 unspecified atom stereocenters. The number of carbonyl (C=O) groups is 1. The van der Waals surface area contributed by atoms with Gasteiger partial charge in [-0.2, -0.15) is 0 Å². The largest absolute Gasteiger partial charge is 0.398 e. The minimum Gasteiger partial charge on any atom is -0.398 e. The Morgan fingerprint density at radius 1 is 1.62 bits per heavy atom. The Balaban J connectivity index is 2.36. The van der Waals surface area contributed by atoms with Crippen LogP contribution in [0.3, 0.4) is 0 Å². The van der Waals surface area contributed by atoms with Gasteiger partial charge in [0.05, 0.1) is 0 Å². The molecule has 0 spiro atoms. The minimum absolute atomic E-state index is 0.428. The summed E-state index contributed by atoms with van der Waals surface area (Å²) in [5, 5.41) is 2.82. The molecule has 3 N–H and O–H groups in total. The van der Waals surface area contributed by atoms with Crippen LogP contribution in [0.1, 0.15) is 20.3 Å². The Bertz CT molecular complexity index is 457. The predicted octanol–water partition coefficient (Wildman–Crippen LogP) is 2.30. The van der Waals surface area contributed by atoms with Gasteiger partial charge in [-0.1, -0.05) is 11.6 Å². The van der Waals surface area contributed by atoms with E-state index < -0.39 is 5.91 Å². The van der Waals surface area contributed by atoms with E-state index in [1.807, 2.05) is 6.92 Å². The summed E-state index contributed by atoms with van der Waals surface area (Å²) in [5.41, 5.74) is 16.3. The summed E-state index contributed by atoms with van der Waals surface area (Å²) in [5.74, 6) is 0.672. The average Bonchev–Trinajstić information content (AvgIpc) is 2.96. The highest BCUT2D eigenvalue weighted by Crippen LogP contribution is 2.51. The summed E-state index contributed by atoms with van der Waals surface area (Å²) in [6.07, 6.45) is 4.64. The number of rotatable bonds is 2. The second-order valence-corrected chi connectivity index (χ2v) is 4.46. The topological polar surface area (TPSA) is 79.3 Å². The normalized spacial score (nSPS) is 28.4. The number of hydrogen-bond donors (Lipinski definition) is 2. The second-order valence-electron chi connectivity index (χ2n) is 4.46. The van der Waals surface area contributed by atoms with Gasteiger partial charge in [-0.25, -0.2) is 5.53 Å². The smallest absolute Gasteiger partial charge is 0.289 e. The zero-order valence-corrected chi connectivity index (χ0v) is 9.45. The average molecular weight is 217 g/mol. The lowest BCUT2D eigenvalue weighted by Crippen LogP contribution is -2.10. The Labute approximate surface area is 94.4 Å². The number of nitrogens with one attached hydrogen (secondary N) is 1. The van der Waals surface area contributed by atoms with Crippen LogP contribution in [0.4, 0.5) is 0 Å². The molecule has 4 nitrogen and oxygen atoms in total. The van der Waals surface area contributed by atoms with Crippen molar-refractivity contribution in [3.8, 4) is 0 Å². The van der Waals surface area contributed by atoms with E-state index in [0.717, 1.165) is 11.1 Å². The molecule has 0 saturated heterocycles. The maximum absolute atomic E-state index is 11.0. The first-order valence-corrected chi connectivity index (χ1v) is 5.33. The van der Waals surface area contributed by atoms with Crippen LogP contribution in [0.5, 0.6) is 0 Å². The molecule has 0 radical (unpaired) electrons. The predicted molar refractivity (Wildman–Crippen MR) is 60.5 cm³/mol. The summed E-state index contributed by atoms with van der Waals surface area (Å²) in [7, 11) is 0. The lowest BCUT2D eigenvalue weighted by molar-refractivity contribution is -0.114. The summed E-state index contributed by atoms with van der Waals surface area (Å²) in [6, 6.07) is 0. The van der Waals surface area contributed by atoms with E-state index in [1.54, 1.807) is 0 Å². The molecule has 0 aromatic rings. The van der Waals surface area contributed by atoms with E-state index in [1.165, 1.54) is 18.1 Å². The number of carbonyl (C=O) groups excluding carboxylic acids is 1. The van der Waals surface area contributed by atoms with Crippen molar-refractivity contribution < 1.29 is 4.79 Å². The standard InChI is InChI=1S/C12H15N3O/c1-6-3-8-4-9(8)7(2)12(6)10(13)5-11(16)15-14/h3,5,8-9,14H,4,13H2,1-2H3/b10-5-,15-14?/t8-,9?/m0/s1. The van der Waals surface area contributed by atoms with Gasteiger partial charge < -0.3 is 5.73 Å². The molecule has 4 heteroatoms. The zero-order valence-electron chi connectivity index (χ0n) is 9.45. The minimum atomic E-state index is -0.608. The van der Waals surface area contributed by atoms with Crippen LogP contribution in [0.2, 0.25) is 0 Å². The van der Waals surface area contributed by atoms with Crippen molar-refractivity contribution in [2.45, 2.75) is 20.3 Å². The van der Waals surface area contributed by atoms with Gasteiger partial charge in [0, 0.05) is 11.8 Å². The van der Waals surface area contributed by atoms with Crippen molar-refractivity contribution in [1.29, 1.82) is 5.53 Å². The van der Waals surface area contributed by atoms with Crippen molar-refractivity contribution in [1.82, 2.24) is 0 Å². The van der Waals surface area contributed by atoms with Crippen LogP contribution in [0.25, 0.3) is 0 Å². The molecule has 0 aromatic heterocycles. The van der Waals surface area contributed by atoms with Crippen LogP contribution >= 0.6 is 0 Å². The van der Waals surface area contributed by atoms with E-state index in [4.69, 9.17) is 11.3 Å². The van der Waals surface area contributed by atoms with E-state index >= 15 is 0 Å². The molecule has 84 valence electrons. The zero-order chi connectivity index (χ0) is 11.9. The molecule has 2 atom stereocenters. The summed E-state index contributed by atoms with van der Waals surface area (Å²) < 4.78 is 0. The third-order valence-electron chi connectivity index (χ3n) is 3.33. The number of hydrogen-bond acceptors (Lipinski definition) is 3. The number of amides is 1. The van der Waals surface area contributed by atoms with Crippen LogP contribution in [-0.2, 0) is 4.79 Å². The number of nitrogens with two attached hydrogens (primary N) is 1. The fourth-order valence-corrected chi connectivity index (χ4v) is 2.49. The number of fused-ring (bicyclic) bond motifs is 1. The summed E-state index contributed by atoms with van der Waals surface area (Å²) >= 11 is 0. The molecule has 1 fully saturated rings.